The largest absolute Gasteiger partial charge is 0.347 e. The number of benzene rings is 2. The molecule has 0 spiro atoms. The van der Waals surface area contributed by atoms with Crippen LogP contribution < -0.4 is 10.6 Å². The summed E-state index contributed by atoms with van der Waals surface area (Å²) in [5, 5.41) is 5.59. The van der Waals surface area contributed by atoms with Crippen molar-refractivity contribution < 1.29 is 18.8 Å². The van der Waals surface area contributed by atoms with Crippen molar-refractivity contribution in [1.82, 2.24) is 15.5 Å². The molecule has 2 unspecified atom stereocenters. The highest BCUT2D eigenvalue weighted by Gasteiger charge is 2.49. The van der Waals surface area contributed by atoms with Crippen molar-refractivity contribution in [2.45, 2.75) is 52.1 Å². The summed E-state index contributed by atoms with van der Waals surface area (Å²) in [5.74, 6) is -0.899. The van der Waals surface area contributed by atoms with E-state index in [2.05, 4.69) is 24.5 Å². The molecule has 0 bridgehead atoms. The lowest BCUT2D eigenvalue weighted by Crippen LogP contribution is -2.44. The zero-order valence-electron chi connectivity index (χ0n) is 19.1. The summed E-state index contributed by atoms with van der Waals surface area (Å²) in [5.41, 5.74) is 1.27. The topological polar surface area (TPSA) is 78.5 Å². The number of carbonyl (C=O) groups is 3. The molecule has 0 radical (unpaired) electrons. The van der Waals surface area contributed by atoms with Gasteiger partial charge >= 0.3 is 6.03 Å². The summed E-state index contributed by atoms with van der Waals surface area (Å²) in [6.45, 7) is 9.39. The monoisotopic (exact) mass is 439 g/mol. The zero-order valence-corrected chi connectivity index (χ0v) is 19.1. The number of imide groups is 1. The van der Waals surface area contributed by atoms with Gasteiger partial charge in [0.25, 0.3) is 5.91 Å². The second-order valence-electron chi connectivity index (χ2n) is 9.06. The number of rotatable bonds is 7. The number of halogens is 1. The van der Waals surface area contributed by atoms with E-state index in [1.807, 2.05) is 38.1 Å². The molecule has 2 aromatic rings. The van der Waals surface area contributed by atoms with Crippen LogP contribution in [0.15, 0.2) is 48.5 Å². The minimum Gasteiger partial charge on any atom is -0.347 e. The van der Waals surface area contributed by atoms with Crippen LogP contribution in [0.3, 0.4) is 0 Å². The van der Waals surface area contributed by atoms with Gasteiger partial charge in [0, 0.05) is 0 Å². The predicted molar refractivity (Wildman–Crippen MR) is 120 cm³/mol. The van der Waals surface area contributed by atoms with E-state index < -0.39 is 35.7 Å². The average Bonchev–Trinajstić information content (AvgIpc) is 2.96. The van der Waals surface area contributed by atoms with E-state index in [-0.39, 0.29) is 12.0 Å². The van der Waals surface area contributed by atoms with Crippen LogP contribution >= 0.6 is 0 Å². The highest BCUT2D eigenvalue weighted by atomic mass is 19.1. The summed E-state index contributed by atoms with van der Waals surface area (Å²) in [6, 6.07) is 12.5. The van der Waals surface area contributed by atoms with Crippen LogP contribution in [0.5, 0.6) is 0 Å². The van der Waals surface area contributed by atoms with Gasteiger partial charge in [-0.15, -0.1) is 0 Å². The second kappa shape index (κ2) is 9.10. The van der Waals surface area contributed by atoms with Crippen LogP contribution in [-0.4, -0.2) is 29.3 Å². The maximum absolute atomic E-state index is 13.3. The maximum Gasteiger partial charge on any atom is 0.325 e. The first kappa shape index (κ1) is 23.4. The van der Waals surface area contributed by atoms with Crippen LogP contribution in [0, 0.1) is 11.7 Å². The van der Waals surface area contributed by atoms with E-state index in [0.29, 0.717) is 11.5 Å². The van der Waals surface area contributed by atoms with Gasteiger partial charge in [0.15, 0.2) is 0 Å². The Morgan fingerprint density at radius 1 is 1.00 bits per heavy atom. The Hall–Kier alpha value is -3.22. The molecule has 7 heteroatoms. The van der Waals surface area contributed by atoms with Crippen molar-refractivity contribution in [2.75, 3.05) is 6.54 Å². The SMILES string of the molecule is CC(C)c1ccc(C(NC(=O)CN2C(=O)NC(C)(c3ccc(F)cc3)C2=O)C(C)C)cc1. The van der Waals surface area contributed by atoms with Gasteiger partial charge in [0.1, 0.15) is 17.9 Å². The fourth-order valence-electron chi connectivity index (χ4n) is 3.91. The summed E-state index contributed by atoms with van der Waals surface area (Å²) >= 11 is 0. The Kier molecular flexibility index (Phi) is 6.67. The number of hydrogen-bond acceptors (Lipinski definition) is 3. The Bertz CT molecular complexity index is 1000. The summed E-state index contributed by atoms with van der Waals surface area (Å²) < 4.78 is 13.3. The Labute approximate surface area is 188 Å². The predicted octanol–water partition coefficient (Wildman–Crippen LogP) is 4.23. The second-order valence-corrected chi connectivity index (χ2v) is 9.06. The fourth-order valence-corrected chi connectivity index (χ4v) is 3.91. The van der Waals surface area contributed by atoms with Crippen LogP contribution in [0.2, 0.25) is 0 Å². The van der Waals surface area contributed by atoms with Gasteiger partial charge in [-0.3, -0.25) is 14.5 Å². The van der Waals surface area contributed by atoms with Crippen molar-refractivity contribution >= 4 is 17.8 Å². The summed E-state index contributed by atoms with van der Waals surface area (Å²) in [4.78, 5) is 39.2. The van der Waals surface area contributed by atoms with Crippen molar-refractivity contribution in [3.05, 3.63) is 71.0 Å². The Morgan fingerprint density at radius 2 is 1.56 bits per heavy atom. The lowest BCUT2D eigenvalue weighted by atomic mass is 9.92. The third kappa shape index (κ3) is 4.66. The number of amides is 4. The fraction of sp³-hybridized carbons (Fsp3) is 0.400. The van der Waals surface area contributed by atoms with Crippen LogP contribution in [-0.2, 0) is 15.1 Å². The van der Waals surface area contributed by atoms with E-state index in [9.17, 15) is 18.8 Å². The average molecular weight is 440 g/mol. The molecular weight excluding hydrogens is 409 g/mol. The van der Waals surface area contributed by atoms with Crippen molar-refractivity contribution in [2.24, 2.45) is 5.92 Å². The lowest BCUT2D eigenvalue weighted by Gasteiger charge is -2.25. The third-order valence-corrected chi connectivity index (χ3v) is 5.94. The van der Waals surface area contributed by atoms with Gasteiger partial charge in [-0.2, -0.15) is 0 Å². The molecule has 4 amide bonds. The van der Waals surface area contributed by atoms with Crippen molar-refractivity contribution in [3.8, 4) is 0 Å². The van der Waals surface area contributed by atoms with Gasteiger partial charge in [0.2, 0.25) is 5.91 Å². The molecule has 2 atom stereocenters. The van der Waals surface area contributed by atoms with Crippen molar-refractivity contribution in [1.29, 1.82) is 0 Å². The highest BCUT2D eigenvalue weighted by Crippen LogP contribution is 2.29. The molecule has 2 N–H and O–H groups in total. The molecule has 6 nitrogen and oxygen atoms in total. The number of carbonyl (C=O) groups excluding carboxylic acids is 3. The Balaban J connectivity index is 1.73. The number of nitrogens with one attached hydrogen (secondary N) is 2. The molecule has 3 rings (SSSR count). The van der Waals surface area contributed by atoms with Gasteiger partial charge in [0.05, 0.1) is 6.04 Å². The molecule has 32 heavy (non-hydrogen) atoms. The van der Waals surface area contributed by atoms with E-state index in [1.54, 1.807) is 6.92 Å². The molecule has 0 saturated carbocycles. The highest BCUT2D eigenvalue weighted by molar-refractivity contribution is 6.09. The molecule has 1 heterocycles. The number of urea groups is 1. The Morgan fingerprint density at radius 3 is 2.09 bits per heavy atom. The first-order chi connectivity index (χ1) is 15.0. The zero-order chi connectivity index (χ0) is 23.6. The number of nitrogens with zero attached hydrogens (tertiary/aromatic N) is 1. The summed E-state index contributed by atoms with van der Waals surface area (Å²) in [6.07, 6.45) is 0. The van der Waals surface area contributed by atoms with E-state index in [4.69, 9.17) is 0 Å². The molecule has 170 valence electrons. The molecule has 0 aliphatic carbocycles. The molecule has 2 aromatic carbocycles. The van der Waals surface area contributed by atoms with Gasteiger partial charge < -0.3 is 10.6 Å². The standard InChI is InChI=1S/C25H30FN3O3/c1-15(2)17-6-8-18(9-7-17)22(16(3)4)27-21(30)14-29-23(31)25(5,28-24(29)32)19-10-12-20(26)13-11-19/h6-13,15-16,22H,14H2,1-5H3,(H,27,30)(H,28,32). The minimum atomic E-state index is -1.35. The van der Waals surface area contributed by atoms with Crippen LogP contribution in [0.1, 0.15) is 63.3 Å². The van der Waals surface area contributed by atoms with Gasteiger partial charge in [-0.05, 0) is 47.6 Å². The molecule has 1 aliphatic rings. The molecule has 1 aliphatic heterocycles. The first-order valence-corrected chi connectivity index (χ1v) is 10.8. The van der Waals surface area contributed by atoms with E-state index in [0.717, 1.165) is 10.5 Å². The van der Waals surface area contributed by atoms with Gasteiger partial charge in [-0.1, -0.05) is 64.1 Å². The third-order valence-electron chi connectivity index (χ3n) is 5.94. The first-order valence-electron chi connectivity index (χ1n) is 10.8. The quantitative estimate of drug-likeness (QED) is 0.634. The lowest BCUT2D eigenvalue weighted by molar-refractivity contribution is -0.135. The maximum atomic E-state index is 13.3. The van der Waals surface area contributed by atoms with E-state index >= 15 is 0 Å². The molecular formula is C25H30FN3O3. The van der Waals surface area contributed by atoms with Crippen molar-refractivity contribution in [3.63, 3.8) is 0 Å². The van der Waals surface area contributed by atoms with Crippen LogP contribution in [0.25, 0.3) is 0 Å². The minimum absolute atomic E-state index is 0.108. The van der Waals surface area contributed by atoms with Gasteiger partial charge in [-0.25, -0.2) is 9.18 Å². The molecule has 0 aromatic heterocycles. The van der Waals surface area contributed by atoms with E-state index in [1.165, 1.54) is 29.8 Å². The molecule has 1 saturated heterocycles. The summed E-state index contributed by atoms with van der Waals surface area (Å²) in [7, 11) is 0. The molecule has 1 fully saturated rings. The smallest absolute Gasteiger partial charge is 0.325 e. The normalized spacial score (nSPS) is 19.4. The number of hydrogen-bond donors (Lipinski definition) is 2. The van der Waals surface area contributed by atoms with Crippen LogP contribution in [0.4, 0.5) is 9.18 Å².